The number of halogens is 1. The fourth-order valence-electron chi connectivity index (χ4n) is 1.60. The Kier molecular flexibility index (Phi) is 2.83. The van der Waals surface area contributed by atoms with E-state index >= 15 is 0 Å². The number of hydrogen-bond donors (Lipinski definition) is 0. The molecule has 0 bridgehead atoms. The van der Waals surface area contributed by atoms with Crippen molar-refractivity contribution >= 4 is 29.1 Å². The van der Waals surface area contributed by atoms with Crippen LogP contribution in [0.5, 0.6) is 0 Å². The third kappa shape index (κ3) is 1.88. The lowest BCUT2D eigenvalue weighted by atomic mass is 10.2. The second kappa shape index (κ2) is 4.14. The first-order valence-electron chi connectivity index (χ1n) is 4.92. The molecule has 84 valence electrons. The van der Waals surface area contributed by atoms with Gasteiger partial charge >= 0.3 is 11.8 Å². The van der Waals surface area contributed by atoms with Crippen LogP contribution in [0.25, 0.3) is 0 Å². The number of carbonyl (C=O) groups is 2. The summed E-state index contributed by atoms with van der Waals surface area (Å²) in [7, 11) is 1.62. The normalized spacial score (nSPS) is 16.9. The molecule has 1 heterocycles. The molecule has 1 saturated heterocycles. The summed E-state index contributed by atoms with van der Waals surface area (Å²) in [5, 5.41) is 0.608. The van der Waals surface area contributed by atoms with Crippen molar-refractivity contribution in [3.8, 4) is 0 Å². The molecular formula is C11H11ClN2O2. The number of likely N-dealkylation sites (N-methyl/N-ethyl adjacent to an activating group) is 1. The van der Waals surface area contributed by atoms with Crippen molar-refractivity contribution in [1.29, 1.82) is 0 Å². The van der Waals surface area contributed by atoms with Crippen LogP contribution in [0, 0.1) is 0 Å². The fraction of sp³-hybridized carbons (Fsp3) is 0.273. The fourth-order valence-corrected chi connectivity index (χ4v) is 1.73. The molecule has 0 N–H and O–H groups in total. The lowest BCUT2D eigenvalue weighted by Crippen LogP contribution is -2.52. The van der Waals surface area contributed by atoms with Crippen LogP contribution in [0.2, 0.25) is 5.02 Å². The van der Waals surface area contributed by atoms with Gasteiger partial charge in [0.2, 0.25) is 0 Å². The molecule has 0 radical (unpaired) electrons. The highest BCUT2D eigenvalue weighted by molar-refractivity contribution is 6.41. The second-order valence-corrected chi connectivity index (χ2v) is 4.10. The van der Waals surface area contributed by atoms with E-state index in [0.717, 1.165) is 0 Å². The van der Waals surface area contributed by atoms with Gasteiger partial charge in [0.15, 0.2) is 0 Å². The summed E-state index contributed by atoms with van der Waals surface area (Å²) < 4.78 is 0. The zero-order valence-electron chi connectivity index (χ0n) is 8.81. The Morgan fingerprint density at radius 1 is 1.06 bits per heavy atom. The van der Waals surface area contributed by atoms with Gasteiger partial charge in [0.1, 0.15) is 0 Å². The van der Waals surface area contributed by atoms with Crippen LogP contribution in [-0.4, -0.2) is 36.9 Å². The highest BCUT2D eigenvalue weighted by Crippen LogP contribution is 2.19. The Morgan fingerprint density at radius 2 is 1.69 bits per heavy atom. The largest absolute Gasteiger partial charge is 0.336 e. The van der Waals surface area contributed by atoms with E-state index in [4.69, 9.17) is 11.6 Å². The summed E-state index contributed by atoms with van der Waals surface area (Å²) in [5.41, 5.74) is 0.704. The van der Waals surface area contributed by atoms with Crippen LogP contribution in [0.1, 0.15) is 0 Å². The van der Waals surface area contributed by atoms with Crippen molar-refractivity contribution in [3.63, 3.8) is 0 Å². The van der Waals surface area contributed by atoms with Gasteiger partial charge < -0.3 is 9.80 Å². The molecule has 0 aliphatic carbocycles. The number of nitrogens with zero attached hydrogens (tertiary/aromatic N) is 2. The number of hydrogen-bond acceptors (Lipinski definition) is 2. The molecule has 1 aliphatic heterocycles. The third-order valence-electron chi connectivity index (χ3n) is 2.57. The summed E-state index contributed by atoms with van der Waals surface area (Å²) in [5.74, 6) is -0.961. The van der Waals surface area contributed by atoms with E-state index < -0.39 is 11.8 Å². The molecule has 0 aromatic heterocycles. The van der Waals surface area contributed by atoms with Gasteiger partial charge in [0.25, 0.3) is 0 Å². The molecule has 1 aromatic carbocycles. The summed E-state index contributed by atoms with van der Waals surface area (Å²) in [6, 6.07) is 6.87. The summed E-state index contributed by atoms with van der Waals surface area (Å²) in [4.78, 5) is 26.1. The highest BCUT2D eigenvalue weighted by Gasteiger charge is 2.30. The zero-order chi connectivity index (χ0) is 11.7. The van der Waals surface area contributed by atoms with Gasteiger partial charge in [0.05, 0.1) is 0 Å². The number of piperazine rings is 1. The zero-order valence-corrected chi connectivity index (χ0v) is 9.57. The number of rotatable bonds is 1. The van der Waals surface area contributed by atoms with Gasteiger partial charge in [-0.1, -0.05) is 11.6 Å². The standard InChI is InChI=1S/C11H11ClN2O2/c1-13-6-7-14(11(16)10(13)15)9-4-2-8(12)3-5-9/h2-5H,6-7H2,1H3. The summed E-state index contributed by atoms with van der Waals surface area (Å²) in [6.45, 7) is 1.07. The van der Waals surface area contributed by atoms with Crippen LogP contribution in [0.3, 0.4) is 0 Å². The maximum absolute atomic E-state index is 11.7. The lowest BCUT2D eigenvalue weighted by Gasteiger charge is -2.31. The molecule has 1 fully saturated rings. The molecule has 0 unspecified atom stereocenters. The van der Waals surface area contributed by atoms with Gasteiger partial charge in [-0.2, -0.15) is 0 Å². The minimum Gasteiger partial charge on any atom is -0.336 e. The van der Waals surface area contributed by atoms with E-state index in [1.165, 1.54) is 9.80 Å². The topological polar surface area (TPSA) is 40.6 Å². The molecule has 4 nitrogen and oxygen atoms in total. The molecule has 2 amide bonds. The van der Waals surface area contributed by atoms with Gasteiger partial charge in [-0.05, 0) is 24.3 Å². The Labute approximate surface area is 98.4 Å². The van der Waals surface area contributed by atoms with Gasteiger partial charge in [0, 0.05) is 30.8 Å². The molecule has 1 aromatic rings. The maximum Gasteiger partial charge on any atom is 0.316 e. The SMILES string of the molecule is CN1CCN(c2ccc(Cl)cc2)C(=O)C1=O. The highest BCUT2D eigenvalue weighted by atomic mass is 35.5. The molecule has 5 heteroatoms. The number of anilines is 1. The van der Waals surface area contributed by atoms with Gasteiger partial charge in [-0.15, -0.1) is 0 Å². The molecule has 0 atom stereocenters. The minimum atomic E-state index is -0.490. The monoisotopic (exact) mass is 238 g/mol. The molecule has 2 rings (SSSR count). The van der Waals surface area contributed by atoms with Crippen LogP contribution < -0.4 is 4.90 Å². The first-order valence-corrected chi connectivity index (χ1v) is 5.30. The molecule has 1 aliphatic rings. The molecule has 16 heavy (non-hydrogen) atoms. The van der Waals surface area contributed by atoms with Gasteiger partial charge in [-0.25, -0.2) is 0 Å². The molecule has 0 saturated carbocycles. The van der Waals surface area contributed by atoms with Crippen molar-refractivity contribution in [2.24, 2.45) is 0 Å². The van der Waals surface area contributed by atoms with Crippen molar-refractivity contribution in [1.82, 2.24) is 4.90 Å². The van der Waals surface area contributed by atoms with Crippen LogP contribution in [0.15, 0.2) is 24.3 Å². The Morgan fingerprint density at radius 3 is 2.31 bits per heavy atom. The van der Waals surface area contributed by atoms with Crippen molar-refractivity contribution in [2.75, 3.05) is 25.0 Å². The summed E-state index contributed by atoms with van der Waals surface area (Å²) in [6.07, 6.45) is 0. The Balaban J connectivity index is 2.25. The average molecular weight is 239 g/mol. The third-order valence-corrected chi connectivity index (χ3v) is 2.82. The first-order chi connectivity index (χ1) is 7.59. The van der Waals surface area contributed by atoms with Crippen LogP contribution in [0.4, 0.5) is 5.69 Å². The predicted molar refractivity (Wildman–Crippen MR) is 61.4 cm³/mol. The first kappa shape index (κ1) is 11.0. The van der Waals surface area contributed by atoms with Crippen LogP contribution in [-0.2, 0) is 9.59 Å². The average Bonchev–Trinajstić information content (AvgIpc) is 2.28. The van der Waals surface area contributed by atoms with E-state index in [1.54, 1.807) is 31.3 Å². The van der Waals surface area contributed by atoms with Crippen molar-refractivity contribution < 1.29 is 9.59 Å². The van der Waals surface area contributed by atoms with Crippen molar-refractivity contribution in [3.05, 3.63) is 29.3 Å². The maximum atomic E-state index is 11.7. The van der Waals surface area contributed by atoms with E-state index in [0.29, 0.717) is 23.8 Å². The minimum absolute atomic E-state index is 0.471. The van der Waals surface area contributed by atoms with E-state index in [2.05, 4.69) is 0 Å². The summed E-state index contributed by atoms with van der Waals surface area (Å²) >= 11 is 5.76. The Hall–Kier alpha value is -1.55. The number of amides is 2. The number of carbonyl (C=O) groups excluding carboxylic acids is 2. The van der Waals surface area contributed by atoms with E-state index in [9.17, 15) is 9.59 Å². The smallest absolute Gasteiger partial charge is 0.316 e. The lowest BCUT2D eigenvalue weighted by molar-refractivity contribution is -0.145. The van der Waals surface area contributed by atoms with Crippen molar-refractivity contribution in [2.45, 2.75) is 0 Å². The Bertz CT molecular complexity index is 430. The van der Waals surface area contributed by atoms with Crippen LogP contribution >= 0.6 is 11.6 Å². The van der Waals surface area contributed by atoms with E-state index in [-0.39, 0.29) is 0 Å². The van der Waals surface area contributed by atoms with Gasteiger partial charge in [-0.3, -0.25) is 9.59 Å². The molecule has 0 spiro atoms. The second-order valence-electron chi connectivity index (χ2n) is 3.66. The van der Waals surface area contributed by atoms with E-state index in [1.807, 2.05) is 0 Å². The predicted octanol–water partition coefficient (Wildman–Crippen LogP) is 1.15. The quantitative estimate of drug-likeness (QED) is 0.689. The molecular weight excluding hydrogens is 228 g/mol. The number of benzene rings is 1.